The van der Waals surface area contributed by atoms with E-state index in [0.717, 1.165) is 19.3 Å². The summed E-state index contributed by atoms with van der Waals surface area (Å²) in [5.74, 6) is -0.261. The summed E-state index contributed by atoms with van der Waals surface area (Å²) in [6.07, 6.45) is 3.37. The minimum Gasteiger partial charge on any atom is -0.461 e. The molecule has 0 aromatic heterocycles. The standard InChI is InChI=1S/C17H21NO3S/c1-2-21-17(20)14-12-22-16(18-14)15(19)11-7-6-10-13-8-4-3-5-9-13/h3-5,8-9,12,16,18H,2,6-7,10-11H2,1H3. The van der Waals surface area contributed by atoms with Crippen LogP contribution in [-0.2, 0) is 20.7 Å². The molecule has 4 nitrogen and oxygen atoms in total. The summed E-state index contributed by atoms with van der Waals surface area (Å²) in [7, 11) is 0. The van der Waals surface area contributed by atoms with E-state index in [1.54, 1.807) is 12.3 Å². The van der Waals surface area contributed by atoms with Gasteiger partial charge in [0.25, 0.3) is 0 Å². The number of nitrogens with one attached hydrogen (secondary N) is 1. The lowest BCUT2D eigenvalue weighted by molar-refractivity contribution is -0.138. The number of ketones is 1. The van der Waals surface area contributed by atoms with Gasteiger partial charge in [0.15, 0.2) is 5.78 Å². The first-order valence-corrected chi connectivity index (χ1v) is 8.51. The Hall–Kier alpha value is -1.75. The van der Waals surface area contributed by atoms with Gasteiger partial charge in [-0.25, -0.2) is 4.79 Å². The molecule has 0 radical (unpaired) electrons. The largest absolute Gasteiger partial charge is 0.461 e. The lowest BCUT2D eigenvalue weighted by Crippen LogP contribution is -2.32. The molecule has 1 atom stereocenters. The molecule has 1 aromatic carbocycles. The minimum absolute atomic E-state index is 0.133. The summed E-state index contributed by atoms with van der Waals surface area (Å²) >= 11 is 1.34. The predicted molar refractivity (Wildman–Crippen MR) is 88.2 cm³/mol. The van der Waals surface area contributed by atoms with Crippen LogP contribution in [0.3, 0.4) is 0 Å². The maximum Gasteiger partial charge on any atom is 0.354 e. The van der Waals surface area contributed by atoms with Crippen molar-refractivity contribution >= 4 is 23.5 Å². The van der Waals surface area contributed by atoms with Crippen molar-refractivity contribution in [1.29, 1.82) is 0 Å². The third kappa shape index (κ3) is 4.91. The number of carbonyl (C=O) groups is 2. The van der Waals surface area contributed by atoms with E-state index in [0.29, 0.717) is 18.7 Å². The highest BCUT2D eigenvalue weighted by Gasteiger charge is 2.27. The zero-order valence-electron chi connectivity index (χ0n) is 12.7. The summed E-state index contributed by atoms with van der Waals surface area (Å²) in [6, 6.07) is 10.3. The molecule has 1 aliphatic rings. The Morgan fingerprint density at radius 2 is 2.00 bits per heavy atom. The van der Waals surface area contributed by atoms with Crippen molar-refractivity contribution in [3.8, 4) is 0 Å². The molecule has 5 heteroatoms. The predicted octanol–water partition coefficient (Wildman–Crippen LogP) is 3.04. The summed E-state index contributed by atoms with van der Waals surface area (Å²) in [5, 5.41) is 4.25. The number of aryl methyl sites for hydroxylation is 1. The Morgan fingerprint density at radius 1 is 1.23 bits per heavy atom. The van der Waals surface area contributed by atoms with Gasteiger partial charge in [-0.2, -0.15) is 0 Å². The van der Waals surface area contributed by atoms with Crippen LogP contribution >= 0.6 is 11.8 Å². The van der Waals surface area contributed by atoms with Gasteiger partial charge >= 0.3 is 5.97 Å². The SMILES string of the molecule is CCOC(=O)C1=CSC(C(=O)CCCCc2ccccc2)N1. The number of esters is 1. The number of thioether (sulfide) groups is 1. The quantitative estimate of drug-likeness (QED) is 0.589. The van der Waals surface area contributed by atoms with Gasteiger partial charge in [0.2, 0.25) is 0 Å². The van der Waals surface area contributed by atoms with Crippen LogP contribution < -0.4 is 5.32 Å². The van der Waals surface area contributed by atoms with E-state index in [-0.39, 0.29) is 11.2 Å². The van der Waals surface area contributed by atoms with Crippen LogP contribution in [0.25, 0.3) is 0 Å². The summed E-state index contributed by atoms with van der Waals surface area (Å²) < 4.78 is 4.91. The zero-order valence-corrected chi connectivity index (χ0v) is 13.5. The van der Waals surface area contributed by atoms with Crippen molar-refractivity contribution in [3.05, 3.63) is 47.0 Å². The Labute approximate surface area is 135 Å². The molecule has 1 aromatic rings. The molecule has 22 heavy (non-hydrogen) atoms. The molecule has 0 saturated heterocycles. The summed E-state index contributed by atoms with van der Waals surface area (Å²) in [5.41, 5.74) is 1.68. The maximum atomic E-state index is 12.1. The van der Waals surface area contributed by atoms with Gasteiger partial charge in [-0.15, -0.1) is 0 Å². The topological polar surface area (TPSA) is 55.4 Å². The maximum absolute atomic E-state index is 12.1. The molecular weight excluding hydrogens is 298 g/mol. The first kappa shape index (κ1) is 16.6. The van der Waals surface area contributed by atoms with E-state index in [4.69, 9.17) is 4.74 Å². The van der Waals surface area contributed by atoms with E-state index in [1.165, 1.54) is 17.3 Å². The molecule has 0 saturated carbocycles. The van der Waals surface area contributed by atoms with E-state index in [2.05, 4.69) is 17.4 Å². The third-order valence-corrected chi connectivity index (χ3v) is 4.40. The zero-order chi connectivity index (χ0) is 15.8. The molecule has 0 spiro atoms. The number of hydrogen-bond acceptors (Lipinski definition) is 5. The average molecular weight is 319 g/mol. The fraction of sp³-hybridized carbons (Fsp3) is 0.412. The van der Waals surface area contributed by atoms with Crippen molar-refractivity contribution in [2.45, 2.75) is 38.0 Å². The highest BCUT2D eigenvalue weighted by molar-refractivity contribution is 8.03. The van der Waals surface area contributed by atoms with Gasteiger partial charge in [0.05, 0.1) is 6.61 Å². The summed E-state index contributed by atoms with van der Waals surface area (Å²) in [4.78, 5) is 23.7. The lowest BCUT2D eigenvalue weighted by Gasteiger charge is -2.11. The molecule has 1 unspecified atom stereocenters. The van der Waals surface area contributed by atoms with Gasteiger partial charge in [-0.1, -0.05) is 42.1 Å². The molecule has 0 aliphatic carbocycles. The number of ether oxygens (including phenoxy) is 1. The molecule has 1 aliphatic heterocycles. The van der Waals surface area contributed by atoms with Crippen molar-refractivity contribution in [2.75, 3.05) is 6.61 Å². The van der Waals surface area contributed by atoms with Crippen molar-refractivity contribution < 1.29 is 14.3 Å². The van der Waals surface area contributed by atoms with Crippen LogP contribution in [0.1, 0.15) is 31.7 Å². The number of Topliss-reactive ketones (excluding diaryl/α,β-unsaturated/α-hetero) is 1. The number of rotatable bonds is 8. The smallest absolute Gasteiger partial charge is 0.354 e. The van der Waals surface area contributed by atoms with Gasteiger partial charge in [0, 0.05) is 11.8 Å². The van der Waals surface area contributed by atoms with Gasteiger partial charge < -0.3 is 10.1 Å². The van der Waals surface area contributed by atoms with Gasteiger partial charge in [-0.05, 0) is 31.7 Å². The van der Waals surface area contributed by atoms with Crippen LogP contribution in [0.4, 0.5) is 0 Å². The highest BCUT2D eigenvalue weighted by atomic mass is 32.2. The lowest BCUT2D eigenvalue weighted by atomic mass is 10.1. The number of hydrogen-bond donors (Lipinski definition) is 1. The Morgan fingerprint density at radius 3 is 2.73 bits per heavy atom. The summed E-state index contributed by atoms with van der Waals surface area (Å²) in [6.45, 7) is 2.09. The molecule has 118 valence electrons. The van der Waals surface area contributed by atoms with Crippen LogP contribution in [0.5, 0.6) is 0 Å². The number of carbonyl (C=O) groups excluding carboxylic acids is 2. The second-order valence-corrected chi connectivity index (χ2v) is 6.05. The number of benzene rings is 1. The van der Waals surface area contributed by atoms with Gasteiger partial charge in [-0.3, -0.25) is 4.79 Å². The second kappa shape index (κ2) is 8.63. The Balaban J connectivity index is 1.65. The van der Waals surface area contributed by atoms with E-state index < -0.39 is 5.97 Å². The molecule has 2 rings (SSSR count). The van der Waals surface area contributed by atoms with Crippen molar-refractivity contribution in [1.82, 2.24) is 5.32 Å². The number of unbranched alkanes of at least 4 members (excludes halogenated alkanes) is 1. The Kier molecular flexibility index (Phi) is 6.52. The van der Waals surface area contributed by atoms with Crippen LogP contribution in [0, 0.1) is 0 Å². The fourth-order valence-corrected chi connectivity index (χ4v) is 3.12. The van der Waals surface area contributed by atoms with E-state index >= 15 is 0 Å². The molecular formula is C17H21NO3S. The Bertz CT molecular complexity index is 542. The van der Waals surface area contributed by atoms with Crippen molar-refractivity contribution in [3.63, 3.8) is 0 Å². The van der Waals surface area contributed by atoms with Crippen molar-refractivity contribution in [2.24, 2.45) is 0 Å². The second-order valence-electron chi connectivity index (χ2n) is 5.07. The first-order valence-electron chi connectivity index (χ1n) is 7.56. The van der Waals surface area contributed by atoms with E-state index in [9.17, 15) is 9.59 Å². The monoisotopic (exact) mass is 319 g/mol. The van der Waals surface area contributed by atoms with Gasteiger partial charge in [0.1, 0.15) is 11.1 Å². The molecule has 0 amide bonds. The minimum atomic E-state index is -0.394. The third-order valence-electron chi connectivity index (χ3n) is 3.38. The molecule has 1 N–H and O–H groups in total. The normalized spacial score (nSPS) is 16.8. The highest BCUT2D eigenvalue weighted by Crippen LogP contribution is 2.23. The van der Waals surface area contributed by atoms with Crippen LogP contribution in [0.2, 0.25) is 0 Å². The van der Waals surface area contributed by atoms with Crippen LogP contribution in [-0.4, -0.2) is 23.7 Å². The first-order chi connectivity index (χ1) is 10.7. The average Bonchev–Trinajstić information content (AvgIpc) is 3.03. The molecule has 0 fully saturated rings. The van der Waals surface area contributed by atoms with E-state index in [1.807, 2.05) is 18.2 Å². The molecule has 0 bridgehead atoms. The molecule has 1 heterocycles. The van der Waals surface area contributed by atoms with Crippen LogP contribution in [0.15, 0.2) is 41.4 Å². The fourth-order valence-electron chi connectivity index (χ4n) is 2.22.